The van der Waals surface area contributed by atoms with Crippen molar-refractivity contribution in [3.63, 3.8) is 0 Å². The Morgan fingerprint density at radius 3 is 2.71 bits per heavy atom. The molecule has 0 aliphatic heterocycles. The predicted molar refractivity (Wildman–Crippen MR) is 73.3 cm³/mol. The Kier molecular flexibility index (Phi) is 6.78. The Bertz CT molecular complexity index is 216. The second-order valence-electron chi connectivity index (χ2n) is 5.18. The van der Waals surface area contributed by atoms with Crippen molar-refractivity contribution in [2.75, 3.05) is 33.4 Å². The van der Waals surface area contributed by atoms with E-state index in [9.17, 15) is 0 Å². The summed E-state index contributed by atoms with van der Waals surface area (Å²) in [4.78, 5) is 2.44. The molecule has 0 aromatic heterocycles. The van der Waals surface area contributed by atoms with Crippen molar-refractivity contribution in [2.45, 2.75) is 38.8 Å². The summed E-state index contributed by atoms with van der Waals surface area (Å²) in [6.07, 6.45) is 4.70. The van der Waals surface area contributed by atoms with Gasteiger partial charge < -0.3 is 10.1 Å². The average Bonchev–Trinajstić information content (AvgIpc) is 3.14. The second-order valence-corrected chi connectivity index (χ2v) is 5.18. The minimum absolute atomic E-state index is 0.564. The molecule has 0 radical (unpaired) electrons. The first-order valence-corrected chi connectivity index (χ1v) is 6.76. The molecule has 1 aliphatic carbocycles. The Morgan fingerprint density at radius 2 is 2.18 bits per heavy atom. The van der Waals surface area contributed by atoms with Gasteiger partial charge in [-0.05, 0) is 32.2 Å². The summed E-state index contributed by atoms with van der Waals surface area (Å²) in [5.74, 6) is 0.660. The van der Waals surface area contributed by atoms with Gasteiger partial charge in [0.25, 0.3) is 0 Å². The highest BCUT2D eigenvalue weighted by Crippen LogP contribution is 2.19. The molecule has 1 N–H and O–H groups in total. The zero-order valence-electron chi connectivity index (χ0n) is 11.6. The molecular formula is C14H28N2O. The number of nitrogens with zero attached hydrogens (tertiary/aromatic N) is 1. The third-order valence-electron chi connectivity index (χ3n) is 3.65. The largest absolute Gasteiger partial charge is 0.383 e. The van der Waals surface area contributed by atoms with Crippen LogP contribution in [0.5, 0.6) is 0 Å². The van der Waals surface area contributed by atoms with Crippen molar-refractivity contribution in [1.82, 2.24) is 10.2 Å². The molecule has 100 valence electrons. The number of rotatable bonds is 10. The van der Waals surface area contributed by atoms with Crippen LogP contribution in [0.4, 0.5) is 0 Å². The lowest BCUT2D eigenvalue weighted by atomic mass is 10.0. The van der Waals surface area contributed by atoms with Crippen molar-refractivity contribution in [1.29, 1.82) is 0 Å². The lowest BCUT2D eigenvalue weighted by Gasteiger charge is -2.32. The standard InChI is InChI=1S/C14H28N2O/c1-5-8-16(9-10-17-4)13(3)12(2)11-15-14-6-7-14/h5,12-15H,1,6-11H2,2-4H3. The summed E-state index contributed by atoms with van der Waals surface area (Å²) in [5, 5.41) is 3.61. The summed E-state index contributed by atoms with van der Waals surface area (Å²) < 4.78 is 5.17. The van der Waals surface area contributed by atoms with Gasteiger partial charge in [0.15, 0.2) is 0 Å². The maximum Gasteiger partial charge on any atom is 0.0589 e. The third kappa shape index (κ3) is 5.66. The third-order valence-corrected chi connectivity index (χ3v) is 3.65. The topological polar surface area (TPSA) is 24.5 Å². The molecule has 3 nitrogen and oxygen atoms in total. The van der Waals surface area contributed by atoms with Crippen LogP contribution in [0.2, 0.25) is 0 Å². The summed E-state index contributed by atoms with van der Waals surface area (Å²) in [6, 6.07) is 1.37. The minimum atomic E-state index is 0.564. The SMILES string of the molecule is C=CCN(CCOC)C(C)C(C)CNC1CC1. The van der Waals surface area contributed by atoms with Crippen molar-refractivity contribution in [3.8, 4) is 0 Å². The minimum Gasteiger partial charge on any atom is -0.383 e. The highest BCUT2D eigenvalue weighted by Gasteiger charge is 2.24. The molecule has 0 bridgehead atoms. The fourth-order valence-electron chi connectivity index (χ4n) is 2.01. The molecule has 17 heavy (non-hydrogen) atoms. The van der Waals surface area contributed by atoms with Gasteiger partial charge in [0.05, 0.1) is 6.61 Å². The molecule has 2 unspecified atom stereocenters. The summed E-state index contributed by atoms with van der Waals surface area (Å²) >= 11 is 0. The van der Waals surface area contributed by atoms with E-state index >= 15 is 0 Å². The summed E-state index contributed by atoms with van der Waals surface area (Å²) in [5.41, 5.74) is 0. The van der Waals surface area contributed by atoms with Crippen LogP contribution in [0.1, 0.15) is 26.7 Å². The molecule has 2 atom stereocenters. The highest BCUT2D eigenvalue weighted by molar-refractivity contribution is 4.85. The van der Waals surface area contributed by atoms with Crippen LogP contribution >= 0.6 is 0 Å². The van der Waals surface area contributed by atoms with Gasteiger partial charge in [0, 0.05) is 32.3 Å². The summed E-state index contributed by atoms with van der Waals surface area (Å²) in [7, 11) is 1.76. The molecule has 0 heterocycles. The zero-order chi connectivity index (χ0) is 12.7. The van der Waals surface area contributed by atoms with E-state index in [2.05, 4.69) is 30.6 Å². The first kappa shape index (κ1) is 14.7. The van der Waals surface area contributed by atoms with E-state index in [0.29, 0.717) is 12.0 Å². The number of ether oxygens (including phenoxy) is 1. The Hall–Kier alpha value is -0.380. The van der Waals surface area contributed by atoms with E-state index in [0.717, 1.165) is 32.3 Å². The molecule has 1 saturated carbocycles. The number of nitrogens with one attached hydrogen (secondary N) is 1. The summed E-state index contributed by atoms with van der Waals surface area (Å²) in [6.45, 7) is 12.3. The molecule has 0 spiro atoms. The van der Waals surface area contributed by atoms with Crippen molar-refractivity contribution >= 4 is 0 Å². The fraction of sp³-hybridized carbons (Fsp3) is 0.857. The first-order chi connectivity index (χ1) is 8.19. The number of methoxy groups -OCH3 is 1. The van der Waals surface area contributed by atoms with Gasteiger partial charge in [-0.2, -0.15) is 0 Å². The maximum atomic E-state index is 5.17. The van der Waals surface area contributed by atoms with E-state index in [1.165, 1.54) is 12.8 Å². The molecule has 1 fully saturated rings. The van der Waals surface area contributed by atoms with Gasteiger partial charge in [-0.25, -0.2) is 0 Å². The molecule has 0 aromatic carbocycles. The molecule has 3 heteroatoms. The van der Waals surface area contributed by atoms with Gasteiger partial charge in [-0.1, -0.05) is 13.0 Å². The number of hydrogen-bond acceptors (Lipinski definition) is 3. The van der Waals surface area contributed by atoms with Crippen LogP contribution < -0.4 is 5.32 Å². The highest BCUT2D eigenvalue weighted by atomic mass is 16.5. The molecule has 0 aromatic rings. The molecule has 0 saturated heterocycles. The van der Waals surface area contributed by atoms with Gasteiger partial charge >= 0.3 is 0 Å². The first-order valence-electron chi connectivity index (χ1n) is 6.76. The van der Waals surface area contributed by atoms with E-state index in [1.807, 2.05) is 6.08 Å². The van der Waals surface area contributed by atoms with E-state index in [1.54, 1.807) is 7.11 Å². The normalized spacial score (nSPS) is 19.3. The molecule has 1 rings (SSSR count). The predicted octanol–water partition coefficient (Wildman–Crippen LogP) is 1.90. The maximum absolute atomic E-state index is 5.17. The van der Waals surface area contributed by atoms with Gasteiger partial charge in [0.2, 0.25) is 0 Å². The lowest BCUT2D eigenvalue weighted by Crippen LogP contribution is -2.43. The van der Waals surface area contributed by atoms with Crippen LogP contribution in [0, 0.1) is 5.92 Å². The average molecular weight is 240 g/mol. The Morgan fingerprint density at radius 1 is 1.47 bits per heavy atom. The van der Waals surface area contributed by atoms with Crippen LogP contribution in [-0.4, -0.2) is 50.3 Å². The van der Waals surface area contributed by atoms with E-state index < -0.39 is 0 Å². The van der Waals surface area contributed by atoms with E-state index in [-0.39, 0.29) is 0 Å². The number of hydrogen-bond donors (Lipinski definition) is 1. The second kappa shape index (κ2) is 7.85. The van der Waals surface area contributed by atoms with Crippen LogP contribution in [-0.2, 0) is 4.74 Å². The van der Waals surface area contributed by atoms with Crippen LogP contribution in [0.3, 0.4) is 0 Å². The van der Waals surface area contributed by atoms with Gasteiger partial charge in [-0.15, -0.1) is 6.58 Å². The molecule has 1 aliphatic rings. The van der Waals surface area contributed by atoms with Crippen molar-refractivity contribution < 1.29 is 4.74 Å². The van der Waals surface area contributed by atoms with Crippen LogP contribution in [0.25, 0.3) is 0 Å². The molecule has 0 amide bonds. The fourth-order valence-corrected chi connectivity index (χ4v) is 2.01. The van der Waals surface area contributed by atoms with E-state index in [4.69, 9.17) is 4.74 Å². The van der Waals surface area contributed by atoms with Crippen molar-refractivity contribution in [2.24, 2.45) is 5.92 Å². The van der Waals surface area contributed by atoms with Crippen molar-refractivity contribution in [3.05, 3.63) is 12.7 Å². The Balaban J connectivity index is 2.31. The van der Waals surface area contributed by atoms with Gasteiger partial charge in [0.1, 0.15) is 0 Å². The molecular weight excluding hydrogens is 212 g/mol. The quantitative estimate of drug-likeness (QED) is 0.590. The van der Waals surface area contributed by atoms with Crippen LogP contribution in [0.15, 0.2) is 12.7 Å². The van der Waals surface area contributed by atoms with Gasteiger partial charge in [-0.3, -0.25) is 4.90 Å². The zero-order valence-corrected chi connectivity index (χ0v) is 11.6. The monoisotopic (exact) mass is 240 g/mol. The smallest absolute Gasteiger partial charge is 0.0589 e. The lowest BCUT2D eigenvalue weighted by molar-refractivity contribution is 0.113. The Labute approximate surface area is 106 Å².